The molecular formula is C27H40O8. The Morgan fingerprint density at radius 1 is 0.629 bits per heavy atom. The maximum absolute atomic E-state index is 12.1. The van der Waals surface area contributed by atoms with Gasteiger partial charge in [-0.1, -0.05) is 40.5 Å². The molecule has 0 aliphatic heterocycles. The highest BCUT2D eigenvalue weighted by molar-refractivity contribution is 5.27. The maximum Gasteiger partial charge on any atom is 0.230 e. The Morgan fingerprint density at radius 3 is 1.40 bits per heavy atom. The van der Waals surface area contributed by atoms with Crippen LogP contribution in [0.1, 0.15) is 83.8 Å². The molecule has 0 spiro atoms. The molecule has 196 valence electrons. The zero-order valence-corrected chi connectivity index (χ0v) is 21.4. The van der Waals surface area contributed by atoms with Crippen LogP contribution in [0.25, 0.3) is 0 Å². The van der Waals surface area contributed by atoms with E-state index in [2.05, 4.69) is 0 Å². The van der Waals surface area contributed by atoms with Gasteiger partial charge >= 0.3 is 0 Å². The molecule has 8 heteroatoms. The van der Waals surface area contributed by atoms with Crippen molar-refractivity contribution in [3.05, 3.63) is 56.6 Å². The van der Waals surface area contributed by atoms with Crippen molar-refractivity contribution in [3.8, 4) is 11.5 Å². The van der Waals surface area contributed by atoms with E-state index in [0.29, 0.717) is 37.6 Å². The van der Waals surface area contributed by atoms with Crippen LogP contribution in [-0.2, 0) is 20.3 Å². The summed E-state index contributed by atoms with van der Waals surface area (Å²) in [6.45, 7) is 10.5. The lowest BCUT2D eigenvalue weighted by Crippen LogP contribution is -2.25. The molecule has 2 heterocycles. The van der Waals surface area contributed by atoms with Crippen molar-refractivity contribution in [2.45, 2.75) is 83.5 Å². The lowest BCUT2D eigenvalue weighted by atomic mass is 9.81. The molecule has 2 aromatic heterocycles. The first-order chi connectivity index (χ1) is 16.6. The summed E-state index contributed by atoms with van der Waals surface area (Å²) in [6.07, 6.45) is 11.0. The van der Waals surface area contributed by atoms with Gasteiger partial charge in [0.2, 0.25) is 10.9 Å². The van der Waals surface area contributed by atoms with Crippen LogP contribution in [0.4, 0.5) is 0 Å². The second-order valence-corrected chi connectivity index (χ2v) is 10.3. The Labute approximate surface area is 206 Å². The number of ether oxygens (including phenoxy) is 2. The van der Waals surface area contributed by atoms with Crippen LogP contribution in [0, 0.1) is 0 Å². The van der Waals surface area contributed by atoms with Gasteiger partial charge in [-0.2, -0.15) is 0 Å². The normalized spacial score (nSPS) is 12.2. The number of unbranched alkanes of at least 4 members (excludes halogenated alkanes) is 2. The summed E-state index contributed by atoms with van der Waals surface area (Å²) < 4.78 is 21.5. The Bertz CT molecular complexity index is 937. The first kappa shape index (κ1) is 28.7. The summed E-state index contributed by atoms with van der Waals surface area (Å²) in [4.78, 5) is 24.2. The molecule has 0 amide bonds. The van der Waals surface area contributed by atoms with Crippen LogP contribution in [-0.4, -0.2) is 36.6 Å². The largest absolute Gasteiger partial charge is 0.502 e. The minimum Gasteiger partial charge on any atom is -0.502 e. The van der Waals surface area contributed by atoms with Crippen LogP contribution in [0.2, 0.25) is 0 Å². The van der Waals surface area contributed by atoms with E-state index in [9.17, 15) is 19.8 Å². The standard InChI is InChI=1S/C27H40O8/c1-26(2,20-16-34-18-22(28)24(20)30)10-5-7-12-32-14-9-15-33-13-8-6-11-27(3,4)21-17-35-19-23(29)25(21)31/h16-19,28-29H,5-15H2,1-4H3. The zero-order chi connectivity index (χ0) is 25.9. The Morgan fingerprint density at radius 2 is 1.00 bits per heavy atom. The van der Waals surface area contributed by atoms with Crippen molar-refractivity contribution in [1.29, 1.82) is 0 Å². The van der Waals surface area contributed by atoms with E-state index in [0.717, 1.165) is 57.5 Å². The smallest absolute Gasteiger partial charge is 0.230 e. The summed E-state index contributed by atoms with van der Waals surface area (Å²) >= 11 is 0. The number of rotatable bonds is 16. The van der Waals surface area contributed by atoms with Crippen LogP contribution >= 0.6 is 0 Å². The maximum atomic E-state index is 12.1. The minimum atomic E-state index is -0.377. The summed E-state index contributed by atoms with van der Waals surface area (Å²) in [5.41, 5.74) is -0.515. The molecular weight excluding hydrogens is 452 g/mol. The van der Waals surface area contributed by atoms with Crippen molar-refractivity contribution in [1.82, 2.24) is 0 Å². The van der Waals surface area contributed by atoms with Crippen molar-refractivity contribution in [2.24, 2.45) is 0 Å². The fraction of sp³-hybridized carbons (Fsp3) is 0.630. The van der Waals surface area contributed by atoms with Gasteiger partial charge in [0.05, 0.1) is 12.5 Å². The molecule has 0 fully saturated rings. The van der Waals surface area contributed by atoms with Crippen molar-refractivity contribution >= 4 is 0 Å². The topological polar surface area (TPSA) is 119 Å². The van der Waals surface area contributed by atoms with E-state index in [-0.39, 0.29) is 33.2 Å². The van der Waals surface area contributed by atoms with E-state index >= 15 is 0 Å². The van der Waals surface area contributed by atoms with Crippen LogP contribution in [0.3, 0.4) is 0 Å². The predicted octanol–water partition coefficient (Wildman–Crippen LogP) is 5.02. The number of aromatic hydroxyl groups is 2. The van der Waals surface area contributed by atoms with E-state index in [1.165, 1.54) is 12.5 Å². The molecule has 2 rings (SSSR count). The minimum absolute atomic E-state index is 0.354. The van der Waals surface area contributed by atoms with E-state index in [1.54, 1.807) is 0 Å². The third-order valence-electron chi connectivity index (χ3n) is 6.40. The number of hydrogen-bond acceptors (Lipinski definition) is 8. The molecule has 0 aliphatic carbocycles. The van der Waals surface area contributed by atoms with E-state index in [4.69, 9.17) is 18.3 Å². The van der Waals surface area contributed by atoms with Crippen LogP contribution < -0.4 is 10.9 Å². The zero-order valence-electron chi connectivity index (χ0n) is 21.4. The summed E-state index contributed by atoms with van der Waals surface area (Å²) in [5.74, 6) is -0.708. The summed E-state index contributed by atoms with van der Waals surface area (Å²) in [7, 11) is 0. The lowest BCUT2D eigenvalue weighted by molar-refractivity contribution is 0.0787. The average molecular weight is 493 g/mol. The van der Waals surface area contributed by atoms with Gasteiger partial charge in [-0.25, -0.2) is 0 Å². The quantitative estimate of drug-likeness (QED) is 0.313. The molecule has 0 aromatic carbocycles. The highest BCUT2D eigenvalue weighted by Gasteiger charge is 2.26. The second kappa shape index (κ2) is 13.5. The van der Waals surface area contributed by atoms with E-state index in [1.807, 2.05) is 27.7 Å². The molecule has 0 atom stereocenters. The van der Waals surface area contributed by atoms with Crippen molar-refractivity contribution in [2.75, 3.05) is 26.4 Å². The highest BCUT2D eigenvalue weighted by Crippen LogP contribution is 2.28. The lowest BCUT2D eigenvalue weighted by Gasteiger charge is -2.23. The summed E-state index contributed by atoms with van der Waals surface area (Å²) in [5, 5.41) is 19.1. The monoisotopic (exact) mass is 492 g/mol. The molecule has 2 N–H and O–H groups in total. The Kier molecular flexibility index (Phi) is 11.0. The Hall–Kier alpha value is -2.58. The molecule has 0 saturated carbocycles. The van der Waals surface area contributed by atoms with Crippen LogP contribution in [0.5, 0.6) is 11.5 Å². The van der Waals surface area contributed by atoms with Crippen molar-refractivity contribution in [3.63, 3.8) is 0 Å². The molecule has 0 radical (unpaired) electrons. The van der Waals surface area contributed by atoms with Gasteiger partial charge in [0, 0.05) is 37.6 Å². The van der Waals surface area contributed by atoms with E-state index < -0.39 is 0 Å². The third-order valence-corrected chi connectivity index (χ3v) is 6.40. The van der Waals surface area contributed by atoms with Gasteiger partial charge in [0.15, 0.2) is 11.5 Å². The SMILES string of the molecule is CC(C)(CCCCOCCCOCCCCC(C)(C)c1cocc(O)c1=O)c1cocc(O)c1=O. The van der Waals surface area contributed by atoms with Crippen LogP contribution in [0.15, 0.2) is 43.5 Å². The predicted molar refractivity (Wildman–Crippen MR) is 133 cm³/mol. The molecule has 8 nitrogen and oxygen atoms in total. The first-order valence-corrected chi connectivity index (χ1v) is 12.3. The van der Waals surface area contributed by atoms with Gasteiger partial charge in [0.1, 0.15) is 12.5 Å². The highest BCUT2D eigenvalue weighted by atomic mass is 16.5. The molecule has 0 aliphatic rings. The molecule has 0 unspecified atom stereocenters. The fourth-order valence-electron chi connectivity index (χ4n) is 4.04. The number of hydrogen-bond donors (Lipinski definition) is 2. The third kappa shape index (κ3) is 8.85. The molecule has 2 aromatic rings. The van der Waals surface area contributed by atoms with Gasteiger partial charge in [-0.3, -0.25) is 9.59 Å². The molecule has 0 saturated heterocycles. The van der Waals surface area contributed by atoms with Gasteiger partial charge in [-0.05, 0) is 42.9 Å². The molecule has 0 bridgehead atoms. The average Bonchev–Trinajstić information content (AvgIpc) is 2.80. The Balaban J connectivity index is 1.49. The van der Waals surface area contributed by atoms with Gasteiger partial charge in [-0.15, -0.1) is 0 Å². The second-order valence-electron chi connectivity index (χ2n) is 10.3. The molecule has 35 heavy (non-hydrogen) atoms. The first-order valence-electron chi connectivity index (χ1n) is 12.3. The summed E-state index contributed by atoms with van der Waals surface area (Å²) in [6, 6.07) is 0. The van der Waals surface area contributed by atoms with Gasteiger partial charge < -0.3 is 28.5 Å². The van der Waals surface area contributed by atoms with Gasteiger partial charge in [0.25, 0.3) is 0 Å². The fourth-order valence-corrected chi connectivity index (χ4v) is 4.04. The van der Waals surface area contributed by atoms with Crippen molar-refractivity contribution < 1.29 is 28.5 Å².